The van der Waals surface area contributed by atoms with Gasteiger partial charge in [0.15, 0.2) is 13.1 Å². The molecule has 8 bridgehead atoms. The number of aldehydes is 1. The zero-order valence-electron chi connectivity index (χ0n) is 26.7. The number of nitrogens with one attached hydrogen (secondary N) is 4. The van der Waals surface area contributed by atoms with Crippen molar-refractivity contribution >= 4 is 42.5 Å². The normalized spacial score (nSPS) is 30.2. The van der Waals surface area contributed by atoms with Crippen LogP contribution in [0.5, 0.6) is 0 Å². The van der Waals surface area contributed by atoms with Gasteiger partial charge in [-0.15, -0.1) is 0 Å². The van der Waals surface area contributed by atoms with E-state index in [1.54, 1.807) is 12.2 Å². The van der Waals surface area contributed by atoms with Crippen LogP contribution in [0.1, 0.15) is 72.0 Å². The lowest BCUT2D eigenvalue weighted by Crippen LogP contribution is -2.39. The lowest BCUT2D eigenvalue weighted by Gasteiger charge is -2.27. The minimum atomic E-state index is -1.80. The molecule has 5 heterocycles. The van der Waals surface area contributed by atoms with Crippen molar-refractivity contribution < 1.29 is 39.5 Å². The molecule has 47 heavy (non-hydrogen) atoms. The van der Waals surface area contributed by atoms with E-state index < -0.39 is 42.1 Å². The number of carbonyl (C=O) groups is 3. The first-order valence-corrected chi connectivity index (χ1v) is 15.8. The van der Waals surface area contributed by atoms with Crippen molar-refractivity contribution in [1.29, 1.82) is 0 Å². The number of carboxylic acid groups (broad SMARTS) is 1. The Hall–Kier alpha value is -4.65. The van der Waals surface area contributed by atoms with Gasteiger partial charge in [0.05, 0.1) is 22.7 Å². The summed E-state index contributed by atoms with van der Waals surface area (Å²) in [5.74, 6) is -4.08. The second-order valence-corrected chi connectivity index (χ2v) is 12.8. The summed E-state index contributed by atoms with van der Waals surface area (Å²) in [5.41, 5.74) is 3.44. The fourth-order valence-corrected chi connectivity index (χ4v) is 7.93. The van der Waals surface area contributed by atoms with E-state index in [1.807, 2.05) is 32.9 Å². The minimum Gasteiger partial charge on any atom is -0.511 e. The second kappa shape index (κ2) is 11.9. The Morgan fingerprint density at radius 2 is 1.89 bits per heavy atom. The van der Waals surface area contributed by atoms with E-state index in [-0.39, 0.29) is 36.3 Å². The first kappa shape index (κ1) is 32.3. The van der Waals surface area contributed by atoms with Gasteiger partial charge < -0.3 is 45.8 Å². The molecule has 2 aromatic heterocycles. The number of esters is 1. The lowest BCUT2D eigenvalue weighted by molar-refractivity contribution is -0.155. The Kier molecular flexibility index (Phi) is 8.15. The van der Waals surface area contributed by atoms with Crippen molar-refractivity contribution in [2.45, 2.75) is 64.6 Å². The topological polar surface area (TPSA) is 197 Å². The lowest BCUT2D eigenvalue weighted by atomic mass is 9.79. The van der Waals surface area contributed by atoms with Gasteiger partial charge in [-0.3, -0.25) is 14.4 Å². The SMILES string of the molecule is C=Cc1c(C)/c2[nH]/c1=C\c1[nH]c(c(CC)c1C=O)/C=C1\NC3=C(C4NC(/C=2)[C@@H](C)[C@@H]4CCC(=O)O)[C@@H](C(=O)OCO)C(O)=C3[C@@]1(C)O. The molecule has 6 rings (SSSR count). The average Bonchev–Trinajstić information content (AvgIpc) is 3.75. The van der Waals surface area contributed by atoms with Gasteiger partial charge >= 0.3 is 11.9 Å². The fraction of sp³-hybridized carbons (Fsp3) is 0.400. The summed E-state index contributed by atoms with van der Waals surface area (Å²) < 4.78 is 5.00. The maximum Gasteiger partial charge on any atom is 0.323 e. The Labute approximate surface area is 270 Å². The van der Waals surface area contributed by atoms with E-state index in [4.69, 9.17) is 4.74 Å². The molecule has 1 aliphatic carbocycles. The molecule has 12 nitrogen and oxygen atoms in total. The van der Waals surface area contributed by atoms with Crippen molar-refractivity contribution in [2.24, 2.45) is 17.8 Å². The number of aliphatic carboxylic acids is 1. The van der Waals surface area contributed by atoms with E-state index in [2.05, 4.69) is 27.2 Å². The molecule has 248 valence electrons. The molecule has 2 aromatic rings. The third kappa shape index (κ3) is 4.98. The van der Waals surface area contributed by atoms with E-state index in [1.165, 1.54) is 6.92 Å². The molecule has 3 aliphatic heterocycles. The summed E-state index contributed by atoms with van der Waals surface area (Å²) in [7, 11) is 0. The van der Waals surface area contributed by atoms with E-state index in [0.29, 0.717) is 40.3 Å². The van der Waals surface area contributed by atoms with Crippen LogP contribution in [-0.2, 0) is 20.7 Å². The number of carboxylic acids is 1. The highest BCUT2D eigenvalue weighted by atomic mass is 16.6. The van der Waals surface area contributed by atoms with E-state index in [9.17, 15) is 34.8 Å². The molecule has 0 aromatic carbocycles. The smallest absolute Gasteiger partial charge is 0.323 e. The van der Waals surface area contributed by atoms with Gasteiger partial charge in [0, 0.05) is 46.0 Å². The second-order valence-electron chi connectivity index (χ2n) is 12.8. The predicted molar refractivity (Wildman–Crippen MR) is 174 cm³/mol. The molecule has 4 aliphatic rings. The summed E-state index contributed by atoms with van der Waals surface area (Å²) in [6.45, 7) is 10.5. The molecule has 0 saturated carbocycles. The van der Waals surface area contributed by atoms with Crippen LogP contribution in [0.15, 0.2) is 34.9 Å². The van der Waals surface area contributed by atoms with Gasteiger partial charge in [0.1, 0.15) is 17.3 Å². The van der Waals surface area contributed by atoms with Crippen LogP contribution in [0.25, 0.3) is 24.3 Å². The molecule has 2 fully saturated rings. The summed E-state index contributed by atoms with van der Waals surface area (Å²) in [6, 6.07) is -0.938. The van der Waals surface area contributed by atoms with Gasteiger partial charge in [0.2, 0.25) is 0 Å². The van der Waals surface area contributed by atoms with Crippen LogP contribution in [0.4, 0.5) is 0 Å². The fourth-order valence-electron chi connectivity index (χ4n) is 7.93. The van der Waals surface area contributed by atoms with E-state index >= 15 is 0 Å². The number of aromatic amines is 2. The predicted octanol–water partition coefficient (Wildman–Crippen LogP) is 1.63. The summed E-state index contributed by atoms with van der Waals surface area (Å²) in [4.78, 5) is 44.4. The highest BCUT2D eigenvalue weighted by Gasteiger charge is 2.56. The van der Waals surface area contributed by atoms with Crippen LogP contribution in [0.2, 0.25) is 0 Å². The van der Waals surface area contributed by atoms with Crippen LogP contribution in [-0.4, -0.2) is 73.1 Å². The number of hydrogen-bond donors (Lipinski definition) is 8. The van der Waals surface area contributed by atoms with Gasteiger partial charge in [-0.05, 0) is 73.5 Å². The molecule has 12 heteroatoms. The minimum absolute atomic E-state index is 0.0916. The molecular formula is C35H40N4O8. The van der Waals surface area contributed by atoms with Gasteiger partial charge in [0.25, 0.3) is 0 Å². The largest absolute Gasteiger partial charge is 0.511 e. The number of aliphatic hydroxyl groups is 3. The number of carbonyl (C=O) groups excluding carboxylic acids is 2. The quantitative estimate of drug-likeness (QED) is 0.119. The van der Waals surface area contributed by atoms with Gasteiger partial charge in [-0.2, -0.15) is 0 Å². The van der Waals surface area contributed by atoms with Crippen LogP contribution in [0, 0.1) is 24.7 Å². The number of aromatic nitrogens is 2. The highest BCUT2D eigenvalue weighted by Crippen LogP contribution is 2.52. The number of fused-ring (bicyclic) bond motifs is 8. The number of rotatable bonds is 8. The molecule has 6 atom stereocenters. The van der Waals surface area contributed by atoms with Crippen molar-refractivity contribution in [2.75, 3.05) is 6.79 Å². The Morgan fingerprint density at radius 3 is 2.53 bits per heavy atom. The third-order valence-corrected chi connectivity index (χ3v) is 10.3. The molecule has 2 saturated heterocycles. The molecule has 0 spiro atoms. The number of aliphatic hydroxyl groups excluding tert-OH is 2. The van der Waals surface area contributed by atoms with Crippen molar-refractivity contribution in [3.05, 3.63) is 79.2 Å². The number of ether oxygens (including phenoxy) is 1. The molecular weight excluding hydrogens is 604 g/mol. The average molecular weight is 645 g/mol. The van der Waals surface area contributed by atoms with Crippen molar-refractivity contribution in [3.8, 4) is 0 Å². The maximum atomic E-state index is 13.4. The standard InChI is InChI=1S/C35H40N4O8/c1-6-17-15(3)21-10-22-16(4)19(8-9-27(42)43)31(38-22)28-29(34(45)47-14-41)33(44)30-32(28)39-26(35(30,5)46)12-25-18(7-2)20(13-40)24(37-25)11-23(17)36-21/h6,10-13,16,19,22,29,31,36-39,41,44,46H,1,7-9,14H2,2-5H3,(H,42,43)/b21-10+,23-11-,26-12-/t16-,19-,22?,29+,31?,35-/m0/s1. The summed E-state index contributed by atoms with van der Waals surface area (Å²) in [6.07, 6.45) is 8.80. The van der Waals surface area contributed by atoms with Gasteiger partial charge in [-0.1, -0.05) is 26.5 Å². The molecule has 8 N–H and O–H groups in total. The van der Waals surface area contributed by atoms with Crippen LogP contribution < -0.4 is 21.3 Å². The Balaban J connectivity index is 1.69. The molecule has 0 radical (unpaired) electrons. The number of H-pyrrole nitrogens is 2. The molecule has 2 unspecified atom stereocenters. The van der Waals surface area contributed by atoms with E-state index in [0.717, 1.165) is 33.7 Å². The Bertz CT molecular complexity index is 1920. The summed E-state index contributed by atoms with van der Waals surface area (Å²) >= 11 is 0. The van der Waals surface area contributed by atoms with Crippen molar-refractivity contribution in [1.82, 2.24) is 20.6 Å². The third-order valence-electron chi connectivity index (χ3n) is 10.3. The van der Waals surface area contributed by atoms with Crippen LogP contribution >= 0.6 is 0 Å². The summed E-state index contributed by atoms with van der Waals surface area (Å²) in [5, 5.41) is 51.2. The number of hydrogen-bond acceptors (Lipinski definition) is 9. The van der Waals surface area contributed by atoms with Gasteiger partial charge in [-0.25, -0.2) is 0 Å². The molecule has 0 amide bonds. The zero-order chi connectivity index (χ0) is 33.9. The monoisotopic (exact) mass is 644 g/mol. The Morgan fingerprint density at radius 1 is 1.15 bits per heavy atom. The van der Waals surface area contributed by atoms with Crippen LogP contribution in [0.3, 0.4) is 0 Å². The first-order chi connectivity index (χ1) is 22.4. The highest BCUT2D eigenvalue weighted by molar-refractivity contribution is 5.87. The van der Waals surface area contributed by atoms with Crippen molar-refractivity contribution in [3.63, 3.8) is 0 Å². The zero-order valence-corrected chi connectivity index (χ0v) is 26.7. The maximum absolute atomic E-state index is 13.4. The first-order valence-electron chi connectivity index (χ1n) is 15.8.